The smallest absolute Gasteiger partial charge is 0.388 e. The van der Waals surface area contributed by atoms with Gasteiger partial charge in [-0.3, -0.25) is 4.79 Å². The molecule has 1 aromatic rings. The molecule has 0 atom stereocenters. The molecule has 0 saturated heterocycles. The Kier molecular flexibility index (Phi) is 4.47. The second-order valence-electron chi connectivity index (χ2n) is 2.99. The standard InChI is InChI=1S/C13H9NO3/c1-2-17-13(16)12(15)8-7-10-3-5-11(9-14)6-4-10/h3-6H,2H2,1H3. The molecule has 0 unspecified atom stereocenters. The van der Waals surface area contributed by atoms with Gasteiger partial charge in [-0.25, -0.2) is 4.79 Å². The van der Waals surface area contributed by atoms with E-state index in [1.165, 1.54) is 0 Å². The maximum absolute atomic E-state index is 11.1. The number of carbonyl (C=O) groups excluding carboxylic acids is 2. The number of Topliss-reactive ketones (excluding diaryl/α,β-unsaturated/α-hetero) is 1. The zero-order valence-corrected chi connectivity index (χ0v) is 9.19. The summed E-state index contributed by atoms with van der Waals surface area (Å²) in [6.45, 7) is 1.75. The molecule has 0 radical (unpaired) electrons. The van der Waals surface area contributed by atoms with E-state index in [-0.39, 0.29) is 6.61 Å². The van der Waals surface area contributed by atoms with Crippen molar-refractivity contribution in [3.8, 4) is 17.9 Å². The van der Waals surface area contributed by atoms with Crippen LogP contribution in [-0.4, -0.2) is 18.4 Å². The Morgan fingerprint density at radius 1 is 1.24 bits per heavy atom. The molecule has 0 spiro atoms. The number of ketones is 1. The van der Waals surface area contributed by atoms with E-state index in [0.29, 0.717) is 11.1 Å². The normalized spacial score (nSPS) is 8.47. The average molecular weight is 227 g/mol. The van der Waals surface area contributed by atoms with Crippen molar-refractivity contribution in [1.29, 1.82) is 5.26 Å². The van der Waals surface area contributed by atoms with E-state index in [0.717, 1.165) is 0 Å². The lowest BCUT2D eigenvalue weighted by molar-refractivity contribution is -0.150. The fourth-order valence-electron chi connectivity index (χ4n) is 1.00. The topological polar surface area (TPSA) is 67.2 Å². The molecule has 0 heterocycles. The van der Waals surface area contributed by atoms with Crippen molar-refractivity contribution in [3.63, 3.8) is 0 Å². The number of ether oxygens (including phenoxy) is 1. The quantitative estimate of drug-likeness (QED) is 0.430. The van der Waals surface area contributed by atoms with Crippen LogP contribution < -0.4 is 0 Å². The molecule has 0 aliphatic rings. The Bertz CT molecular complexity index is 527. The van der Waals surface area contributed by atoms with Crippen LogP contribution >= 0.6 is 0 Å². The molecule has 1 rings (SSSR count). The Hall–Kier alpha value is -2.59. The fraction of sp³-hybridized carbons (Fsp3) is 0.154. The Morgan fingerprint density at radius 2 is 1.82 bits per heavy atom. The van der Waals surface area contributed by atoms with E-state index < -0.39 is 11.8 Å². The summed E-state index contributed by atoms with van der Waals surface area (Å²) in [7, 11) is 0. The summed E-state index contributed by atoms with van der Waals surface area (Å²) in [5.74, 6) is 2.87. The zero-order valence-electron chi connectivity index (χ0n) is 9.19. The molecule has 0 N–H and O–H groups in total. The molecular weight excluding hydrogens is 218 g/mol. The van der Waals surface area contributed by atoms with Crippen molar-refractivity contribution in [2.24, 2.45) is 0 Å². The lowest BCUT2D eigenvalue weighted by atomic mass is 10.1. The van der Waals surface area contributed by atoms with Crippen LogP contribution in [0, 0.1) is 23.2 Å². The van der Waals surface area contributed by atoms with Gasteiger partial charge in [0.1, 0.15) is 0 Å². The number of hydrogen-bond donors (Lipinski definition) is 0. The number of hydrogen-bond acceptors (Lipinski definition) is 4. The van der Waals surface area contributed by atoms with Crippen molar-refractivity contribution in [3.05, 3.63) is 35.4 Å². The van der Waals surface area contributed by atoms with Gasteiger partial charge in [0.25, 0.3) is 0 Å². The number of rotatable bonds is 2. The molecule has 0 saturated carbocycles. The van der Waals surface area contributed by atoms with E-state index in [2.05, 4.69) is 16.6 Å². The van der Waals surface area contributed by atoms with E-state index in [1.54, 1.807) is 31.2 Å². The van der Waals surface area contributed by atoms with Gasteiger partial charge >= 0.3 is 11.8 Å². The van der Waals surface area contributed by atoms with Crippen LogP contribution in [0.3, 0.4) is 0 Å². The van der Waals surface area contributed by atoms with Gasteiger partial charge < -0.3 is 4.74 Å². The zero-order chi connectivity index (χ0) is 12.7. The number of carbonyl (C=O) groups is 2. The lowest BCUT2D eigenvalue weighted by Crippen LogP contribution is -2.15. The second-order valence-corrected chi connectivity index (χ2v) is 2.99. The van der Waals surface area contributed by atoms with E-state index in [9.17, 15) is 9.59 Å². The van der Waals surface area contributed by atoms with Crippen LogP contribution in [0.4, 0.5) is 0 Å². The fourth-order valence-corrected chi connectivity index (χ4v) is 1.00. The first-order valence-corrected chi connectivity index (χ1v) is 4.90. The third-order valence-corrected chi connectivity index (χ3v) is 1.80. The van der Waals surface area contributed by atoms with E-state index in [1.807, 2.05) is 6.07 Å². The van der Waals surface area contributed by atoms with Crippen LogP contribution in [0.2, 0.25) is 0 Å². The summed E-state index contributed by atoms with van der Waals surface area (Å²) < 4.78 is 4.49. The van der Waals surface area contributed by atoms with Crippen LogP contribution in [-0.2, 0) is 14.3 Å². The van der Waals surface area contributed by atoms with Crippen LogP contribution in [0.25, 0.3) is 0 Å². The van der Waals surface area contributed by atoms with Gasteiger partial charge in [-0.2, -0.15) is 5.26 Å². The minimum absolute atomic E-state index is 0.142. The van der Waals surface area contributed by atoms with Gasteiger partial charge in [-0.1, -0.05) is 5.92 Å². The second kappa shape index (κ2) is 6.09. The summed E-state index contributed by atoms with van der Waals surface area (Å²) >= 11 is 0. The highest BCUT2D eigenvalue weighted by molar-refractivity contribution is 6.40. The third-order valence-electron chi connectivity index (χ3n) is 1.80. The highest BCUT2D eigenvalue weighted by Crippen LogP contribution is 2.01. The molecule has 17 heavy (non-hydrogen) atoms. The molecule has 4 heteroatoms. The molecule has 0 amide bonds. The number of nitriles is 1. The van der Waals surface area contributed by atoms with Gasteiger partial charge in [0.15, 0.2) is 0 Å². The summed E-state index contributed by atoms with van der Waals surface area (Å²) in [5, 5.41) is 8.58. The molecule has 0 aliphatic carbocycles. The Morgan fingerprint density at radius 3 is 2.35 bits per heavy atom. The van der Waals surface area contributed by atoms with Gasteiger partial charge in [0, 0.05) is 5.56 Å². The minimum Gasteiger partial charge on any atom is -0.459 e. The number of esters is 1. The highest BCUT2D eigenvalue weighted by atomic mass is 16.5. The molecule has 0 fully saturated rings. The summed E-state index contributed by atoms with van der Waals surface area (Å²) in [5.41, 5.74) is 1.06. The SMILES string of the molecule is CCOC(=O)C(=O)C#Cc1ccc(C#N)cc1. The first-order valence-electron chi connectivity index (χ1n) is 4.90. The van der Waals surface area contributed by atoms with Crippen LogP contribution in [0.5, 0.6) is 0 Å². The molecule has 1 aromatic carbocycles. The average Bonchev–Trinajstić information content (AvgIpc) is 2.36. The first kappa shape index (κ1) is 12.5. The maximum Gasteiger partial charge on any atom is 0.388 e. The molecule has 0 aliphatic heterocycles. The molecule has 4 nitrogen and oxygen atoms in total. The molecule has 84 valence electrons. The van der Waals surface area contributed by atoms with Gasteiger partial charge in [0.2, 0.25) is 0 Å². The third kappa shape index (κ3) is 3.81. The highest BCUT2D eigenvalue weighted by Gasteiger charge is 2.10. The van der Waals surface area contributed by atoms with Crippen LogP contribution in [0.1, 0.15) is 18.1 Å². The Balaban J connectivity index is 2.75. The monoisotopic (exact) mass is 227 g/mol. The maximum atomic E-state index is 11.1. The summed E-state index contributed by atoms with van der Waals surface area (Å²) in [6, 6.07) is 8.33. The molecule has 0 bridgehead atoms. The molecule has 0 aromatic heterocycles. The summed E-state index contributed by atoms with van der Waals surface area (Å²) in [6.07, 6.45) is 0. The van der Waals surface area contributed by atoms with Crippen molar-refractivity contribution in [1.82, 2.24) is 0 Å². The van der Waals surface area contributed by atoms with Gasteiger partial charge in [0.05, 0.1) is 18.2 Å². The van der Waals surface area contributed by atoms with Crippen molar-refractivity contribution in [2.45, 2.75) is 6.92 Å². The first-order chi connectivity index (χ1) is 8.17. The number of benzene rings is 1. The number of nitrogens with zero attached hydrogens (tertiary/aromatic N) is 1. The minimum atomic E-state index is -0.950. The van der Waals surface area contributed by atoms with Crippen molar-refractivity contribution in [2.75, 3.05) is 6.61 Å². The van der Waals surface area contributed by atoms with E-state index >= 15 is 0 Å². The van der Waals surface area contributed by atoms with Gasteiger partial charge in [-0.05, 0) is 37.1 Å². The van der Waals surface area contributed by atoms with Crippen molar-refractivity contribution < 1.29 is 14.3 Å². The largest absolute Gasteiger partial charge is 0.459 e. The van der Waals surface area contributed by atoms with Crippen molar-refractivity contribution >= 4 is 11.8 Å². The summed E-state index contributed by atoms with van der Waals surface area (Å²) in [4.78, 5) is 22.1. The molecular formula is C13H9NO3. The predicted molar refractivity (Wildman–Crippen MR) is 59.7 cm³/mol. The van der Waals surface area contributed by atoms with Gasteiger partial charge in [-0.15, -0.1) is 0 Å². The van der Waals surface area contributed by atoms with Crippen LogP contribution in [0.15, 0.2) is 24.3 Å². The lowest BCUT2D eigenvalue weighted by Gasteiger charge is -1.93. The van der Waals surface area contributed by atoms with E-state index in [4.69, 9.17) is 5.26 Å². The Labute approximate surface area is 98.8 Å². The predicted octanol–water partition coefficient (Wildman–Crippen LogP) is 1.04.